The first kappa shape index (κ1) is 11.9. The number of amides is 1. The van der Waals surface area contributed by atoms with Gasteiger partial charge in [0.1, 0.15) is 0 Å². The van der Waals surface area contributed by atoms with E-state index in [1.165, 1.54) is 16.0 Å². The zero-order valence-corrected chi connectivity index (χ0v) is 10.6. The third-order valence-corrected chi connectivity index (χ3v) is 3.71. The first-order valence-electron chi connectivity index (χ1n) is 5.23. The molecule has 17 heavy (non-hydrogen) atoms. The van der Waals surface area contributed by atoms with Crippen LogP contribution >= 0.6 is 0 Å². The van der Waals surface area contributed by atoms with Crippen LogP contribution in [0.1, 0.15) is 10.4 Å². The average molecular weight is 265 g/mol. The van der Waals surface area contributed by atoms with Crippen molar-refractivity contribution in [2.45, 2.75) is 0 Å². The molecule has 86 valence electrons. The maximum absolute atomic E-state index is 11.3. The van der Waals surface area contributed by atoms with Gasteiger partial charge in [0.2, 0.25) is 0 Å². The molecule has 0 saturated heterocycles. The number of hydrogen-bond donors (Lipinski definition) is 0. The number of benzene rings is 2. The van der Waals surface area contributed by atoms with Gasteiger partial charge in [0.25, 0.3) is 0 Å². The van der Waals surface area contributed by atoms with Gasteiger partial charge in [0.15, 0.2) is 0 Å². The van der Waals surface area contributed by atoms with Crippen LogP contribution in [0.5, 0.6) is 0 Å². The van der Waals surface area contributed by atoms with E-state index in [4.69, 9.17) is 0 Å². The minimum atomic E-state index is -0.167. The van der Waals surface area contributed by atoms with Gasteiger partial charge < -0.3 is 0 Å². The number of nitrogens with zero attached hydrogens (tertiary/aromatic N) is 1. The van der Waals surface area contributed by atoms with Crippen molar-refractivity contribution in [3.63, 3.8) is 0 Å². The molecule has 0 saturated carbocycles. The van der Waals surface area contributed by atoms with Gasteiger partial charge in [-0.05, 0) is 0 Å². The van der Waals surface area contributed by atoms with Gasteiger partial charge in [-0.1, -0.05) is 0 Å². The molecule has 0 fully saturated rings. The molecule has 0 aliphatic carbocycles. The number of carbonyl (C=O) groups excluding carboxylic acids is 1. The van der Waals surface area contributed by atoms with Gasteiger partial charge in [-0.25, -0.2) is 0 Å². The fourth-order valence-corrected chi connectivity index (χ4v) is 2.60. The molecule has 0 aromatic heterocycles. The Hall–Kier alpha value is -1.57. The number of rotatable bonds is 3. The summed E-state index contributed by atoms with van der Waals surface area (Å²) in [5.74, 6) is -0.167. The quantitative estimate of drug-likeness (QED) is 0.764. The third kappa shape index (κ3) is 3.19. The second-order valence-corrected chi connectivity index (χ2v) is 5.08. The predicted molar refractivity (Wildman–Crippen MR) is 64.5 cm³/mol. The van der Waals surface area contributed by atoms with Gasteiger partial charge in [-0.2, -0.15) is 0 Å². The summed E-state index contributed by atoms with van der Waals surface area (Å²) in [5.41, 5.74) is 0.648. The van der Waals surface area contributed by atoms with Crippen LogP contribution in [0.2, 0.25) is 0 Å². The van der Waals surface area contributed by atoms with Gasteiger partial charge in [-0.3, -0.25) is 0 Å². The van der Waals surface area contributed by atoms with Crippen molar-refractivity contribution in [1.82, 2.24) is 5.32 Å². The standard InChI is InChI=1S/C8H7NO.C6H5.Mn/c1-9-8(10)7-5-3-2-4-6-7;1-2-4-6-5-3-1;/h3-6H,1H3;1-5H;. The molecule has 2 aromatic rings. The Morgan fingerprint density at radius 2 is 1.53 bits per heavy atom. The minimum absolute atomic E-state index is 0.167. The van der Waals surface area contributed by atoms with Gasteiger partial charge in [-0.15, -0.1) is 0 Å². The van der Waals surface area contributed by atoms with Crippen molar-refractivity contribution in [3.05, 3.63) is 60.2 Å². The number of carbonyl (C=O) groups is 1. The van der Waals surface area contributed by atoms with Crippen LogP contribution in [0.15, 0.2) is 54.6 Å². The zero-order valence-electron chi connectivity index (χ0n) is 9.43. The van der Waals surface area contributed by atoms with Gasteiger partial charge >= 0.3 is 107 Å². The predicted octanol–water partition coefficient (Wildman–Crippen LogP) is 1.09. The summed E-state index contributed by atoms with van der Waals surface area (Å²) in [5, 5.41) is 3.64. The van der Waals surface area contributed by atoms with E-state index in [-0.39, 0.29) is 5.91 Å². The first-order chi connectivity index (χ1) is 8.29. The van der Waals surface area contributed by atoms with E-state index >= 15 is 0 Å². The van der Waals surface area contributed by atoms with E-state index in [0.29, 0.717) is 20.5 Å². The Morgan fingerprint density at radius 3 is 2.12 bits per heavy atom. The summed E-state index contributed by atoms with van der Waals surface area (Å²) in [6, 6.07) is 18.0. The van der Waals surface area contributed by atoms with Crippen molar-refractivity contribution < 1.29 is 19.8 Å². The van der Waals surface area contributed by atoms with Crippen LogP contribution in [0, 0.1) is 0 Å². The molecule has 0 aliphatic heterocycles. The molecule has 0 aliphatic rings. The molecule has 0 unspecified atom stereocenters. The van der Waals surface area contributed by atoms with E-state index in [1.54, 1.807) is 0 Å². The second kappa shape index (κ2) is 5.67. The van der Waals surface area contributed by atoms with E-state index in [9.17, 15) is 4.79 Å². The molecule has 0 N–H and O–H groups in total. The molecule has 0 spiro atoms. The number of hydrogen-bond acceptors (Lipinski definition) is 1. The fraction of sp³-hybridized carbons (Fsp3) is 0.0714. The Morgan fingerprint density at radius 1 is 0.941 bits per heavy atom. The molecule has 0 atom stereocenters. The Bertz CT molecular complexity index is 493. The Balaban J connectivity index is 2.11. The van der Waals surface area contributed by atoms with Crippen LogP contribution in [0.25, 0.3) is 0 Å². The van der Waals surface area contributed by atoms with Crippen LogP contribution in [0.3, 0.4) is 0 Å². The van der Waals surface area contributed by atoms with Gasteiger partial charge in [0, 0.05) is 0 Å². The van der Waals surface area contributed by atoms with E-state index in [2.05, 4.69) is 17.4 Å². The van der Waals surface area contributed by atoms with Crippen LogP contribution in [-0.4, -0.2) is 13.0 Å². The van der Waals surface area contributed by atoms with Crippen molar-refractivity contribution in [2.24, 2.45) is 0 Å². The van der Waals surface area contributed by atoms with Crippen LogP contribution in [-0.2, 0) is 15.0 Å². The van der Waals surface area contributed by atoms with Crippen LogP contribution < -0.4 is 14.2 Å². The molecular formula is C14H12MnNO. The molecule has 1 amide bonds. The van der Waals surface area contributed by atoms with Crippen molar-refractivity contribution >= 4 is 14.8 Å². The maximum atomic E-state index is 11.3. The first-order valence-corrected chi connectivity index (χ1v) is 6.42. The Labute approximate surface area is 107 Å². The SMILES string of the molecule is C[N]C(=O)c1cc[c]([Mn][c]2ccccc2)cc1. The topological polar surface area (TPSA) is 31.2 Å². The summed E-state index contributed by atoms with van der Waals surface area (Å²) in [6.45, 7) is 0. The van der Waals surface area contributed by atoms with Gasteiger partial charge in [0.05, 0.1) is 0 Å². The molecule has 2 nitrogen and oxygen atoms in total. The van der Waals surface area contributed by atoms with Crippen molar-refractivity contribution in [3.8, 4) is 0 Å². The zero-order chi connectivity index (χ0) is 12.1. The summed E-state index contributed by atoms with van der Waals surface area (Å²) in [4.78, 5) is 11.3. The molecule has 3 heteroatoms. The van der Waals surface area contributed by atoms with E-state index in [1.807, 2.05) is 42.5 Å². The summed E-state index contributed by atoms with van der Waals surface area (Å²) < 4.78 is 2.53. The van der Waals surface area contributed by atoms with E-state index < -0.39 is 0 Å². The monoisotopic (exact) mass is 265 g/mol. The molecule has 0 heterocycles. The van der Waals surface area contributed by atoms with E-state index in [0.717, 1.165) is 0 Å². The fourth-order valence-electron chi connectivity index (χ4n) is 1.39. The Kier molecular flexibility index (Phi) is 3.97. The second-order valence-electron chi connectivity index (χ2n) is 3.43. The van der Waals surface area contributed by atoms with Crippen LogP contribution in [0.4, 0.5) is 0 Å². The normalized spacial score (nSPS) is 9.94. The molecule has 2 aromatic carbocycles. The average Bonchev–Trinajstić information content (AvgIpc) is 2.40. The molecule has 1 radical (unpaired) electrons. The summed E-state index contributed by atoms with van der Waals surface area (Å²) in [6.07, 6.45) is 0. The molecule has 0 bridgehead atoms. The summed E-state index contributed by atoms with van der Waals surface area (Å²) in [7, 11) is 1.52. The summed E-state index contributed by atoms with van der Waals surface area (Å²) >= 11 is 0.593. The molecular weight excluding hydrogens is 253 g/mol. The van der Waals surface area contributed by atoms with Crippen molar-refractivity contribution in [1.29, 1.82) is 0 Å². The third-order valence-electron chi connectivity index (χ3n) is 2.25. The molecule has 2 rings (SSSR count). The van der Waals surface area contributed by atoms with Crippen molar-refractivity contribution in [2.75, 3.05) is 7.05 Å².